The lowest BCUT2D eigenvalue weighted by molar-refractivity contribution is -0.364. The average molecular weight is 787 g/mol. The van der Waals surface area contributed by atoms with Gasteiger partial charge in [-0.3, -0.25) is 0 Å². The van der Waals surface area contributed by atoms with Crippen molar-refractivity contribution in [2.24, 2.45) is 0 Å². The minimum absolute atomic E-state index is 0.111. The molecule has 3 aliphatic rings. The fourth-order valence-corrected chi connectivity index (χ4v) is 6.14. The number of phenolic OH excluding ortho intramolecular Hbond substituents is 4. The van der Waals surface area contributed by atoms with Crippen molar-refractivity contribution >= 4 is 12.0 Å². The zero-order valence-corrected chi connectivity index (χ0v) is 29.2. The van der Waals surface area contributed by atoms with Crippen LogP contribution in [0.3, 0.4) is 0 Å². The number of hydrogen-bond donors (Lipinski definition) is 12. The first-order chi connectivity index (χ1) is 26.1. The topological polar surface area (TPSA) is 324 Å². The molecule has 3 saturated heterocycles. The van der Waals surface area contributed by atoms with Crippen molar-refractivity contribution in [2.45, 2.75) is 105 Å². The van der Waals surface area contributed by atoms with Crippen LogP contribution in [-0.2, 0) is 44.4 Å². The molecule has 0 aliphatic carbocycles. The minimum atomic E-state index is -1.88. The zero-order chi connectivity index (χ0) is 40.1. The van der Waals surface area contributed by atoms with E-state index in [0.717, 1.165) is 12.1 Å². The summed E-state index contributed by atoms with van der Waals surface area (Å²) >= 11 is 0. The van der Waals surface area contributed by atoms with E-state index in [-0.39, 0.29) is 30.1 Å². The van der Waals surface area contributed by atoms with E-state index in [4.69, 9.17) is 33.2 Å². The summed E-state index contributed by atoms with van der Waals surface area (Å²) in [6.07, 6.45) is -22.6. The average Bonchev–Trinajstić information content (AvgIpc) is 3.16. The van der Waals surface area contributed by atoms with Gasteiger partial charge in [0.05, 0.1) is 25.9 Å². The molecule has 2 aromatic rings. The lowest BCUT2D eigenvalue weighted by Gasteiger charge is -2.47. The van der Waals surface area contributed by atoms with Gasteiger partial charge in [0.1, 0.15) is 61.0 Å². The lowest BCUT2D eigenvalue weighted by atomic mass is 9.96. The number of phenols is 4. The van der Waals surface area contributed by atoms with Gasteiger partial charge in [0.25, 0.3) is 0 Å². The van der Waals surface area contributed by atoms with Crippen LogP contribution >= 0.6 is 0 Å². The van der Waals surface area contributed by atoms with Crippen LogP contribution in [0.4, 0.5) is 0 Å². The highest BCUT2D eigenvalue weighted by Gasteiger charge is 2.53. The first kappa shape index (κ1) is 42.4. The SMILES string of the molecule is C[C@H]1O[C@@H](O[C@H]2[C@H](O)[C@@H](OCCc3ccc(O)c(O)c3)O[C@@H](CO[C@@H]3O[C@H](CO)[C@H](O)[C@@H](O)[C@@H]3O)[C@@H]2OC(=O)/C=C/c2ccc(O)c(O)c2)[C@H](O)[C@H](O)[C@@H]1O. The standard InChI is InChI=1S/C35H46O20/c1-14-24(42)26(44)29(47)35(51-14)55-32-30(48)34(49-9-8-16-3-6-18(38)20(40)11-16)53-22(13-50-33-28(46)27(45)25(43)21(12-36)52-33)31(32)54-23(41)7-4-15-2-5-17(37)19(39)10-15/h2-7,10-11,14,21-22,24-40,42-48H,8-9,12-13H2,1H3/b7-4+/t14-,21-,22+,24-,25+,26-,27-,28+,29-,30+,31+,32+,33-,34+,35+/m1/s1. The molecule has 0 unspecified atom stereocenters. The third kappa shape index (κ3) is 10.0. The third-order valence-corrected chi connectivity index (χ3v) is 9.36. The van der Waals surface area contributed by atoms with Crippen LogP contribution in [0.5, 0.6) is 23.0 Å². The van der Waals surface area contributed by atoms with E-state index >= 15 is 0 Å². The van der Waals surface area contributed by atoms with Crippen molar-refractivity contribution in [2.75, 3.05) is 19.8 Å². The summed E-state index contributed by atoms with van der Waals surface area (Å²) in [6, 6.07) is 7.75. The predicted molar refractivity (Wildman–Crippen MR) is 180 cm³/mol. The smallest absolute Gasteiger partial charge is 0.331 e. The van der Waals surface area contributed by atoms with Gasteiger partial charge in [0.15, 0.2) is 48.0 Å². The monoisotopic (exact) mass is 786 g/mol. The Hall–Kier alpha value is -3.71. The number of carbonyl (C=O) groups is 1. The van der Waals surface area contributed by atoms with Gasteiger partial charge in [-0.2, -0.15) is 0 Å². The van der Waals surface area contributed by atoms with Gasteiger partial charge in [0, 0.05) is 6.08 Å². The van der Waals surface area contributed by atoms with Crippen LogP contribution in [-0.4, -0.2) is 179 Å². The van der Waals surface area contributed by atoms with Gasteiger partial charge in [-0.15, -0.1) is 0 Å². The van der Waals surface area contributed by atoms with Crippen molar-refractivity contribution in [3.63, 3.8) is 0 Å². The quantitative estimate of drug-likeness (QED) is 0.0541. The van der Waals surface area contributed by atoms with E-state index in [9.17, 15) is 66.1 Å². The van der Waals surface area contributed by atoms with Gasteiger partial charge < -0.3 is 94.4 Å². The summed E-state index contributed by atoms with van der Waals surface area (Å²) in [5, 5.41) is 123. The molecular formula is C35H46O20. The molecule has 0 radical (unpaired) electrons. The lowest BCUT2D eigenvalue weighted by Crippen LogP contribution is -2.65. The number of esters is 1. The van der Waals surface area contributed by atoms with Crippen molar-refractivity contribution < 1.29 is 99.2 Å². The van der Waals surface area contributed by atoms with Crippen LogP contribution in [0.25, 0.3) is 6.08 Å². The van der Waals surface area contributed by atoms with E-state index in [0.29, 0.717) is 5.56 Å². The van der Waals surface area contributed by atoms with E-state index in [1.54, 1.807) is 0 Å². The van der Waals surface area contributed by atoms with Gasteiger partial charge >= 0.3 is 5.97 Å². The number of hydrogen-bond acceptors (Lipinski definition) is 20. The first-order valence-electron chi connectivity index (χ1n) is 17.2. The Bertz CT molecular complexity index is 1610. The molecule has 5 rings (SSSR count). The Morgan fingerprint density at radius 3 is 1.96 bits per heavy atom. The Morgan fingerprint density at radius 2 is 1.29 bits per heavy atom. The molecule has 0 aromatic heterocycles. The van der Waals surface area contributed by atoms with Gasteiger partial charge in [-0.1, -0.05) is 12.1 Å². The molecule has 3 heterocycles. The van der Waals surface area contributed by atoms with Gasteiger partial charge in [-0.05, 0) is 54.8 Å². The van der Waals surface area contributed by atoms with E-state index in [2.05, 4.69) is 0 Å². The van der Waals surface area contributed by atoms with Gasteiger partial charge in [-0.25, -0.2) is 4.79 Å². The number of aromatic hydroxyl groups is 4. The van der Waals surface area contributed by atoms with Crippen LogP contribution in [0.15, 0.2) is 42.5 Å². The molecule has 306 valence electrons. The summed E-state index contributed by atoms with van der Waals surface area (Å²) in [4.78, 5) is 13.3. The molecule has 20 nitrogen and oxygen atoms in total. The highest BCUT2D eigenvalue weighted by atomic mass is 16.8. The number of ether oxygens (including phenoxy) is 7. The van der Waals surface area contributed by atoms with Crippen molar-refractivity contribution in [3.05, 3.63) is 53.6 Å². The number of aliphatic hydroxyl groups is 8. The number of rotatable bonds is 13. The number of benzene rings is 2. The molecule has 0 amide bonds. The number of aliphatic hydroxyl groups excluding tert-OH is 8. The minimum Gasteiger partial charge on any atom is -0.504 e. The molecule has 12 N–H and O–H groups in total. The molecule has 20 heteroatoms. The highest BCUT2D eigenvalue weighted by molar-refractivity contribution is 5.87. The molecule has 3 aliphatic heterocycles. The fraction of sp³-hybridized carbons (Fsp3) is 0.571. The fourth-order valence-electron chi connectivity index (χ4n) is 6.14. The summed E-state index contributed by atoms with van der Waals surface area (Å²) < 4.78 is 40.2. The Morgan fingerprint density at radius 1 is 0.673 bits per heavy atom. The second-order valence-corrected chi connectivity index (χ2v) is 13.3. The molecule has 0 spiro atoms. The second-order valence-electron chi connectivity index (χ2n) is 13.3. The second kappa shape index (κ2) is 18.5. The molecule has 3 fully saturated rings. The summed E-state index contributed by atoms with van der Waals surface area (Å²) in [5.74, 6) is -2.71. The Balaban J connectivity index is 1.43. The summed E-state index contributed by atoms with van der Waals surface area (Å²) in [6.45, 7) is -0.254. The predicted octanol–water partition coefficient (Wildman–Crippen LogP) is -3.19. The number of carbonyl (C=O) groups excluding carboxylic acids is 1. The molecule has 0 saturated carbocycles. The van der Waals surface area contributed by atoms with E-state index in [1.807, 2.05) is 0 Å². The molecule has 15 atom stereocenters. The summed E-state index contributed by atoms with van der Waals surface area (Å²) in [5.41, 5.74) is 0.773. The molecule has 55 heavy (non-hydrogen) atoms. The van der Waals surface area contributed by atoms with E-state index in [1.165, 1.54) is 43.3 Å². The van der Waals surface area contributed by atoms with Crippen LogP contribution in [0, 0.1) is 0 Å². The van der Waals surface area contributed by atoms with Crippen LogP contribution in [0.1, 0.15) is 18.1 Å². The highest BCUT2D eigenvalue weighted by Crippen LogP contribution is 2.33. The summed E-state index contributed by atoms with van der Waals surface area (Å²) in [7, 11) is 0. The molecular weight excluding hydrogens is 740 g/mol. The van der Waals surface area contributed by atoms with Gasteiger partial charge in [0.2, 0.25) is 0 Å². The first-order valence-corrected chi connectivity index (χ1v) is 17.2. The van der Waals surface area contributed by atoms with Crippen LogP contribution in [0.2, 0.25) is 0 Å². The van der Waals surface area contributed by atoms with Crippen LogP contribution < -0.4 is 0 Å². The zero-order valence-electron chi connectivity index (χ0n) is 29.2. The Labute approximate surface area is 313 Å². The molecule has 2 aromatic carbocycles. The van der Waals surface area contributed by atoms with Crippen molar-refractivity contribution in [3.8, 4) is 23.0 Å². The maximum Gasteiger partial charge on any atom is 0.331 e. The Kier molecular flexibility index (Phi) is 14.3. The third-order valence-electron chi connectivity index (χ3n) is 9.36. The maximum absolute atomic E-state index is 13.3. The molecule has 0 bridgehead atoms. The van der Waals surface area contributed by atoms with Crippen molar-refractivity contribution in [1.29, 1.82) is 0 Å². The van der Waals surface area contributed by atoms with E-state index < -0.39 is 123 Å². The van der Waals surface area contributed by atoms with Crippen molar-refractivity contribution in [1.82, 2.24) is 0 Å². The maximum atomic E-state index is 13.3. The normalized spacial score (nSPS) is 36.9. The largest absolute Gasteiger partial charge is 0.504 e.